The second kappa shape index (κ2) is 4.42. The molecule has 0 bridgehead atoms. The van der Waals surface area contributed by atoms with Gasteiger partial charge in [-0.25, -0.2) is 14.4 Å². The summed E-state index contributed by atoms with van der Waals surface area (Å²) in [6.45, 7) is 3.89. The zero-order valence-corrected chi connectivity index (χ0v) is 12.1. The van der Waals surface area contributed by atoms with Crippen LogP contribution in [0.2, 0.25) is 0 Å². The van der Waals surface area contributed by atoms with E-state index in [0.717, 1.165) is 15.9 Å². The highest BCUT2D eigenvalue weighted by atomic mass is 79.9. The van der Waals surface area contributed by atoms with E-state index in [-0.39, 0.29) is 5.82 Å². The summed E-state index contributed by atoms with van der Waals surface area (Å²) < 4.78 is 16.6. The van der Waals surface area contributed by atoms with Crippen molar-refractivity contribution in [2.24, 2.45) is 0 Å². The molecular weight excluding hydrogens is 309 g/mol. The minimum Gasteiger partial charge on any atom is -0.288 e. The van der Waals surface area contributed by atoms with Gasteiger partial charge in [0.15, 0.2) is 0 Å². The first kappa shape index (κ1) is 12.3. The molecule has 0 atom stereocenters. The summed E-state index contributed by atoms with van der Waals surface area (Å²) in [6, 6.07) is 6.78. The van der Waals surface area contributed by atoms with E-state index in [9.17, 15) is 4.39 Å². The molecular formula is C14H11BrFN3. The van der Waals surface area contributed by atoms with Crippen LogP contribution in [0.5, 0.6) is 0 Å². The van der Waals surface area contributed by atoms with Gasteiger partial charge >= 0.3 is 0 Å². The summed E-state index contributed by atoms with van der Waals surface area (Å²) >= 11 is 3.35. The van der Waals surface area contributed by atoms with E-state index in [1.165, 1.54) is 6.07 Å². The Kier molecular flexibility index (Phi) is 2.86. The maximum Gasteiger partial charge on any atom is 0.234 e. The lowest BCUT2D eigenvalue weighted by Gasteiger charge is -1.99. The Bertz CT molecular complexity index is 780. The van der Waals surface area contributed by atoms with E-state index in [1.54, 1.807) is 12.1 Å². The largest absolute Gasteiger partial charge is 0.288 e. The van der Waals surface area contributed by atoms with Gasteiger partial charge < -0.3 is 0 Å². The van der Waals surface area contributed by atoms with Crippen LogP contribution in [-0.4, -0.2) is 14.4 Å². The van der Waals surface area contributed by atoms with Crippen LogP contribution >= 0.6 is 15.9 Å². The van der Waals surface area contributed by atoms with Gasteiger partial charge in [0.25, 0.3) is 0 Å². The van der Waals surface area contributed by atoms with Crippen molar-refractivity contribution in [2.75, 3.05) is 0 Å². The fraction of sp³-hybridized carbons (Fsp3) is 0.143. The summed E-state index contributed by atoms with van der Waals surface area (Å²) in [5, 5.41) is 0. The molecule has 0 spiro atoms. The third-order valence-electron chi connectivity index (χ3n) is 2.97. The van der Waals surface area contributed by atoms with Crippen molar-refractivity contribution < 1.29 is 4.39 Å². The zero-order valence-electron chi connectivity index (χ0n) is 10.5. The van der Waals surface area contributed by atoms with Crippen molar-refractivity contribution in [1.29, 1.82) is 0 Å². The lowest BCUT2D eigenvalue weighted by atomic mass is 10.1. The molecule has 0 fully saturated rings. The van der Waals surface area contributed by atoms with Crippen molar-refractivity contribution in [3.63, 3.8) is 0 Å². The van der Waals surface area contributed by atoms with Gasteiger partial charge in [-0.3, -0.25) is 4.40 Å². The number of imidazole rings is 1. The van der Waals surface area contributed by atoms with Gasteiger partial charge in [-0.1, -0.05) is 15.9 Å². The van der Waals surface area contributed by atoms with Crippen LogP contribution in [0.15, 0.2) is 34.9 Å². The van der Waals surface area contributed by atoms with Gasteiger partial charge in [0.2, 0.25) is 5.78 Å². The summed E-state index contributed by atoms with van der Waals surface area (Å²) in [6.07, 6.45) is 1.81. The number of hydrogen-bond donors (Lipinski definition) is 0. The second-order valence-electron chi connectivity index (χ2n) is 4.46. The third kappa shape index (κ3) is 2.14. The molecule has 3 nitrogen and oxygen atoms in total. The Hall–Kier alpha value is -1.75. The molecule has 19 heavy (non-hydrogen) atoms. The Morgan fingerprint density at radius 2 is 1.95 bits per heavy atom. The molecule has 0 saturated carbocycles. The highest BCUT2D eigenvalue weighted by molar-refractivity contribution is 9.10. The molecule has 0 radical (unpaired) electrons. The maximum atomic E-state index is 13.9. The van der Waals surface area contributed by atoms with Crippen LogP contribution in [0.3, 0.4) is 0 Å². The molecule has 0 N–H and O–H groups in total. The van der Waals surface area contributed by atoms with E-state index in [0.29, 0.717) is 17.0 Å². The van der Waals surface area contributed by atoms with E-state index >= 15 is 0 Å². The standard InChI is InChI=1S/C14H11BrFN3/c1-8-5-9(2)19-7-13(18-14(19)17-8)11-6-10(15)3-4-12(11)16/h3-7H,1-2H3. The Labute approximate surface area is 118 Å². The number of fused-ring (bicyclic) bond motifs is 1. The van der Waals surface area contributed by atoms with Crippen LogP contribution in [-0.2, 0) is 0 Å². The minimum absolute atomic E-state index is 0.291. The van der Waals surface area contributed by atoms with Crippen LogP contribution in [0.25, 0.3) is 17.0 Å². The van der Waals surface area contributed by atoms with Gasteiger partial charge in [-0.2, -0.15) is 0 Å². The van der Waals surface area contributed by atoms with Crippen LogP contribution in [0.1, 0.15) is 11.4 Å². The minimum atomic E-state index is -0.291. The van der Waals surface area contributed by atoms with Crippen molar-refractivity contribution >= 4 is 21.7 Å². The van der Waals surface area contributed by atoms with E-state index in [2.05, 4.69) is 25.9 Å². The molecule has 2 aromatic heterocycles. The molecule has 0 aliphatic carbocycles. The molecule has 96 valence electrons. The number of hydrogen-bond acceptors (Lipinski definition) is 2. The smallest absolute Gasteiger partial charge is 0.234 e. The average Bonchev–Trinajstić information content (AvgIpc) is 2.76. The van der Waals surface area contributed by atoms with Crippen LogP contribution in [0.4, 0.5) is 4.39 Å². The SMILES string of the molecule is Cc1cc(C)n2cc(-c3cc(Br)ccc3F)nc2n1. The molecule has 0 saturated heterocycles. The number of benzene rings is 1. The number of nitrogens with zero attached hydrogens (tertiary/aromatic N) is 3. The third-order valence-corrected chi connectivity index (χ3v) is 3.46. The summed E-state index contributed by atoms with van der Waals surface area (Å²) in [7, 11) is 0. The van der Waals surface area contributed by atoms with E-state index < -0.39 is 0 Å². The molecule has 2 heterocycles. The van der Waals surface area contributed by atoms with Gasteiger partial charge in [0, 0.05) is 27.6 Å². The van der Waals surface area contributed by atoms with Gasteiger partial charge in [0.1, 0.15) is 5.82 Å². The molecule has 3 aromatic rings. The summed E-state index contributed by atoms with van der Waals surface area (Å²) in [4.78, 5) is 8.75. The predicted molar refractivity (Wildman–Crippen MR) is 75.6 cm³/mol. The summed E-state index contributed by atoms with van der Waals surface area (Å²) in [5.41, 5.74) is 2.98. The molecule has 0 unspecified atom stereocenters. The number of aryl methyl sites for hydroxylation is 2. The van der Waals surface area contributed by atoms with Crippen molar-refractivity contribution in [3.8, 4) is 11.3 Å². The molecule has 5 heteroatoms. The number of aromatic nitrogens is 3. The zero-order chi connectivity index (χ0) is 13.6. The van der Waals surface area contributed by atoms with Crippen molar-refractivity contribution in [3.05, 3.63) is 52.1 Å². The monoisotopic (exact) mass is 319 g/mol. The lowest BCUT2D eigenvalue weighted by molar-refractivity contribution is 0.630. The van der Waals surface area contributed by atoms with Crippen LogP contribution in [0, 0.1) is 19.7 Å². The highest BCUT2D eigenvalue weighted by Gasteiger charge is 2.11. The van der Waals surface area contributed by atoms with E-state index in [1.807, 2.05) is 30.5 Å². The van der Waals surface area contributed by atoms with E-state index in [4.69, 9.17) is 0 Å². The van der Waals surface area contributed by atoms with Gasteiger partial charge in [-0.05, 0) is 38.1 Å². The Morgan fingerprint density at radius 1 is 1.16 bits per heavy atom. The first-order valence-corrected chi connectivity index (χ1v) is 6.62. The molecule has 0 aliphatic rings. The number of halogens is 2. The average molecular weight is 320 g/mol. The highest BCUT2D eigenvalue weighted by Crippen LogP contribution is 2.26. The lowest BCUT2D eigenvalue weighted by Crippen LogP contribution is -1.94. The second-order valence-corrected chi connectivity index (χ2v) is 5.37. The normalized spacial score (nSPS) is 11.2. The molecule has 3 rings (SSSR count). The Morgan fingerprint density at radius 3 is 2.74 bits per heavy atom. The Balaban J connectivity index is 2.26. The quantitative estimate of drug-likeness (QED) is 0.680. The first-order chi connectivity index (χ1) is 9.04. The molecule has 0 aliphatic heterocycles. The topological polar surface area (TPSA) is 30.2 Å². The van der Waals surface area contributed by atoms with Crippen LogP contribution < -0.4 is 0 Å². The van der Waals surface area contributed by atoms with Crippen molar-refractivity contribution in [1.82, 2.24) is 14.4 Å². The number of rotatable bonds is 1. The van der Waals surface area contributed by atoms with Gasteiger partial charge in [-0.15, -0.1) is 0 Å². The fourth-order valence-electron chi connectivity index (χ4n) is 2.09. The fourth-order valence-corrected chi connectivity index (χ4v) is 2.46. The van der Waals surface area contributed by atoms with Gasteiger partial charge in [0.05, 0.1) is 5.69 Å². The predicted octanol–water partition coefficient (Wildman–Crippen LogP) is 3.91. The molecule has 0 amide bonds. The summed E-state index contributed by atoms with van der Waals surface area (Å²) in [5.74, 6) is 0.299. The van der Waals surface area contributed by atoms with Crippen molar-refractivity contribution in [2.45, 2.75) is 13.8 Å². The maximum absolute atomic E-state index is 13.9. The molecule has 1 aromatic carbocycles. The first-order valence-electron chi connectivity index (χ1n) is 5.83.